The average molecular weight is 753 g/mol. The van der Waals surface area contributed by atoms with Crippen LogP contribution in [-0.2, 0) is 0 Å². The van der Waals surface area contributed by atoms with Crippen molar-refractivity contribution in [1.82, 2.24) is 19.1 Å². The molecule has 0 aliphatic carbocycles. The third kappa shape index (κ3) is 4.61. The van der Waals surface area contributed by atoms with E-state index in [9.17, 15) is 0 Å². The van der Waals surface area contributed by atoms with E-state index in [0.29, 0.717) is 5.95 Å². The van der Waals surface area contributed by atoms with Gasteiger partial charge in [-0.1, -0.05) is 152 Å². The molecule has 9 aromatic carbocycles. The van der Waals surface area contributed by atoms with Crippen LogP contribution in [0.4, 0.5) is 0 Å². The van der Waals surface area contributed by atoms with Crippen LogP contribution in [0.25, 0.3) is 121 Å². The highest BCUT2D eigenvalue weighted by Crippen LogP contribution is 2.45. The molecule has 0 radical (unpaired) electrons. The molecule has 0 bridgehead atoms. The summed E-state index contributed by atoms with van der Waals surface area (Å²) in [5, 5.41) is 10.1. The first kappa shape index (κ1) is 32.1. The zero-order chi connectivity index (χ0) is 38.6. The van der Waals surface area contributed by atoms with Gasteiger partial charge in [-0.15, -0.1) is 0 Å². The highest BCUT2D eigenvalue weighted by molar-refractivity contribution is 6.27. The lowest BCUT2D eigenvalue weighted by Crippen LogP contribution is -2.03. The van der Waals surface area contributed by atoms with Crippen molar-refractivity contribution in [1.29, 1.82) is 0 Å². The molecule has 4 aromatic heterocycles. The number of rotatable bonds is 4. The Balaban J connectivity index is 1.12. The average Bonchev–Trinajstić information content (AvgIpc) is 3.96. The minimum Gasteiger partial charge on any atom is -0.454 e. The van der Waals surface area contributed by atoms with Gasteiger partial charge in [-0.3, -0.25) is 4.57 Å². The van der Waals surface area contributed by atoms with E-state index < -0.39 is 0 Å². The third-order valence-corrected chi connectivity index (χ3v) is 12.1. The fraction of sp³-hybridized carbons (Fsp3) is 0. The van der Waals surface area contributed by atoms with Crippen LogP contribution in [0.3, 0.4) is 0 Å². The molecule has 0 atom stereocenters. The van der Waals surface area contributed by atoms with Crippen molar-refractivity contribution in [3.63, 3.8) is 0 Å². The van der Waals surface area contributed by atoms with Crippen LogP contribution in [0.2, 0.25) is 0 Å². The van der Waals surface area contributed by atoms with E-state index in [1.54, 1.807) is 0 Å². The Morgan fingerprint density at radius 1 is 0.373 bits per heavy atom. The highest BCUT2D eigenvalue weighted by atomic mass is 16.3. The number of hydrogen-bond acceptors (Lipinski definition) is 3. The molecule has 13 rings (SSSR count). The predicted molar refractivity (Wildman–Crippen MR) is 244 cm³/mol. The molecule has 13 aromatic rings. The van der Waals surface area contributed by atoms with Crippen LogP contribution in [0.15, 0.2) is 199 Å². The van der Waals surface area contributed by atoms with E-state index in [-0.39, 0.29) is 0 Å². The van der Waals surface area contributed by atoms with E-state index in [1.807, 2.05) is 12.1 Å². The smallest absolute Gasteiger partial charge is 0.235 e. The van der Waals surface area contributed by atoms with E-state index in [4.69, 9.17) is 14.4 Å². The van der Waals surface area contributed by atoms with Gasteiger partial charge in [-0.05, 0) is 52.9 Å². The Morgan fingerprint density at radius 2 is 0.966 bits per heavy atom. The van der Waals surface area contributed by atoms with Gasteiger partial charge in [0.2, 0.25) is 5.95 Å². The largest absolute Gasteiger partial charge is 0.454 e. The molecule has 0 fully saturated rings. The predicted octanol–water partition coefficient (Wildman–Crippen LogP) is 14.2. The lowest BCUT2D eigenvalue weighted by atomic mass is 10.0. The van der Waals surface area contributed by atoms with Crippen molar-refractivity contribution in [2.45, 2.75) is 0 Å². The monoisotopic (exact) mass is 752 g/mol. The third-order valence-electron chi connectivity index (χ3n) is 12.1. The highest BCUT2D eigenvalue weighted by Gasteiger charge is 2.24. The van der Waals surface area contributed by atoms with Crippen molar-refractivity contribution in [2.24, 2.45) is 0 Å². The first-order chi connectivity index (χ1) is 29.3. The molecule has 0 aliphatic rings. The Hall–Kier alpha value is -8.02. The quantitative estimate of drug-likeness (QED) is 0.180. The summed E-state index contributed by atoms with van der Waals surface area (Å²) in [4.78, 5) is 10.6. The minimum atomic E-state index is 0.604. The first-order valence-electron chi connectivity index (χ1n) is 20.0. The van der Waals surface area contributed by atoms with Gasteiger partial charge in [0.15, 0.2) is 5.58 Å². The first-order valence-corrected chi connectivity index (χ1v) is 20.0. The standard InChI is InChI=1S/C54H32N4O/c1-3-15-33(16-4-1)35-27-30-47-43(31-35)38-21-11-13-25-45(38)57(47)48-32-49-50(39-22-8-7-19-36(39)48)42-29-28-40-37-20-10-14-26-46(37)58(52(40)53(42)59-49)54-55-44-24-12-9-23-41(44)51(56-54)34-17-5-2-6-18-34/h1-32H. The summed E-state index contributed by atoms with van der Waals surface area (Å²) in [6.45, 7) is 0. The summed E-state index contributed by atoms with van der Waals surface area (Å²) >= 11 is 0. The van der Waals surface area contributed by atoms with Crippen molar-refractivity contribution in [3.05, 3.63) is 194 Å². The molecule has 59 heavy (non-hydrogen) atoms. The fourth-order valence-electron chi connectivity index (χ4n) is 9.54. The number of fused-ring (bicyclic) bond motifs is 13. The fourth-order valence-corrected chi connectivity index (χ4v) is 9.54. The second-order valence-electron chi connectivity index (χ2n) is 15.3. The number of para-hydroxylation sites is 3. The molecule has 0 saturated carbocycles. The maximum atomic E-state index is 7.22. The van der Waals surface area contributed by atoms with Gasteiger partial charge in [-0.2, -0.15) is 0 Å². The number of hydrogen-bond donors (Lipinski definition) is 0. The van der Waals surface area contributed by atoms with Gasteiger partial charge < -0.3 is 8.98 Å². The summed E-state index contributed by atoms with van der Waals surface area (Å²) < 4.78 is 11.8. The van der Waals surface area contributed by atoms with Crippen LogP contribution in [0.5, 0.6) is 0 Å². The zero-order valence-corrected chi connectivity index (χ0v) is 31.7. The van der Waals surface area contributed by atoms with E-state index in [0.717, 1.165) is 93.4 Å². The lowest BCUT2D eigenvalue weighted by Gasteiger charge is -2.13. The molecular formula is C54H32N4O. The number of aromatic nitrogens is 4. The molecule has 0 aliphatic heterocycles. The number of benzene rings is 9. The molecule has 0 saturated heterocycles. The summed E-state index contributed by atoms with van der Waals surface area (Å²) in [5.41, 5.74) is 12.2. The molecule has 4 heterocycles. The molecule has 0 amide bonds. The second-order valence-corrected chi connectivity index (χ2v) is 15.3. The maximum Gasteiger partial charge on any atom is 0.235 e. The van der Waals surface area contributed by atoms with Crippen LogP contribution in [0, 0.1) is 0 Å². The van der Waals surface area contributed by atoms with Crippen molar-refractivity contribution >= 4 is 87.2 Å². The van der Waals surface area contributed by atoms with Gasteiger partial charge >= 0.3 is 0 Å². The second kappa shape index (κ2) is 12.2. The van der Waals surface area contributed by atoms with Gasteiger partial charge in [0.1, 0.15) is 11.1 Å². The minimum absolute atomic E-state index is 0.604. The van der Waals surface area contributed by atoms with Crippen LogP contribution >= 0.6 is 0 Å². The molecule has 0 N–H and O–H groups in total. The molecule has 274 valence electrons. The lowest BCUT2D eigenvalue weighted by molar-refractivity contribution is 0.671. The molecule has 5 heteroatoms. The van der Waals surface area contributed by atoms with Crippen molar-refractivity contribution in [2.75, 3.05) is 0 Å². The Morgan fingerprint density at radius 3 is 1.75 bits per heavy atom. The Bertz CT molecular complexity index is 3840. The summed E-state index contributed by atoms with van der Waals surface area (Å²) in [6, 6.07) is 68.8. The van der Waals surface area contributed by atoms with Gasteiger partial charge in [0.05, 0.1) is 33.4 Å². The van der Waals surface area contributed by atoms with Gasteiger partial charge in [0, 0.05) is 54.7 Å². The Kier molecular flexibility index (Phi) is 6.66. The van der Waals surface area contributed by atoms with E-state index >= 15 is 0 Å². The molecule has 0 unspecified atom stereocenters. The zero-order valence-electron chi connectivity index (χ0n) is 31.7. The Labute approximate surface area is 337 Å². The normalized spacial score (nSPS) is 12.1. The van der Waals surface area contributed by atoms with E-state index in [1.165, 1.54) is 21.9 Å². The van der Waals surface area contributed by atoms with Crippen LogP contribution in [0.1, 0.15) is 0 Å². The van der Waals surface area contributed by atoms with Gasteiger partial charge in [0.25, 0.3) is 0 Å². The van der Waals surface area contributed by atoms with Crippen molar-refractivity contribution in [3.8, 4) is 34.0 Å². The molecular weight excluding hydrogens is 721 g/mol. The SMILES string of the molecule is c1ccc(-c2ccc3c(c2)c2ccccc2n3-c2cc3oc4c(ccc5c6ccccc6n(-c6nc(-c7ccccc7)c7ccccc7n6)c54)c3c3ccccc23)cc1. The molecule has 0 spiro atoms. The van der Waals surface area contributed by atoms with Crippen LogP contribution in [-0.4, -0.2) is 19.1 Å². The topological polar surface area (TPSA) is 48.8 Å². The summed E-state index contributed by atoms with van der Waals surface area (Å²) in [7, 11) is 0. The maximum absolute atomic E-state index is 7.22. The molecule has 5 nitrogen and oxygen atoms in total. The number of furan rings is 1. The van der Waals surface area contributed by atoms with Crippen molar-refractivity contribution < 1.29 is 4.42 Å². The van der Waals surface area contributed by atoms with E-state index in [2.05, 4.69) is 191 Å². The van der Waals surface area contributed by atoms with Crippen LogP contribution < -0.4 is 0 Å². The van der Waals surface area contributed by atoms with Gasteiger partial charge in [-0.25, -0.2) is 9.97 Å². The number of nitrogens with zero attached hydrogens (tertiary/aromatic N) is 4. The summed E-state index contributed by atoms with van der Waals surface area (Å²) in [5.74, 6) is 0.604. The summed E-state index contributed by atoms with van der Waals surface area (Å²) in [6.07, 6.45) is 0.